The second-order valence-corrected chi connectivity index (χ2v) is 4.83. The summed E-state index contributed by atoms with van der Waals surface area (Å²) >= 11 is 9.36. The van der Waals surface area contributed by atoms with E-state index in [-0.39, 0.29) is 5.75 Å². The van der Waals surface area contributed by atoms with E-state index in [1.807, 2.05) is 12.1 Å². The molecular formula is C12H6BrClO2. The molecule has 3 aromatic rings. The monoisotopic (exact) mass is 296 g/mol. The van der Waals surface area contributed by atoms with Crippen molar-refractivity contribution in [1.29, 1.82) is 0 Å². The van der Waals surface area contributed by atoms with Gasteiger partial charge in [0.1, 0.15) is 16.9 Å². The Morgan fingerprint density at radius 3 is 2.75 bits per heavy atom. The molecular weight excluding hydrogens is 291 g/mol. The zero-order valence-corrected chi connectivity index (χ0v) is 10.3. The first kappa shape index (κ1) is 10.00. The highest BCUT2D eigenvalue weighted by molar-refractivity contribution is 9.10. The molecule has 1 aromatic heterocycles. The molecule has 1 heterocycles. The standard InChI is InChI=1S/C12H6BrClO2/c13-9-4-7(15)5-11-12(9)8-3-6(14)1-2-10(8)16-11/h1-5,15H. The molecule has 1 N–H and O–H groups in total. The van der Waals surface area contributed by atoms with Crippen LogP contribution in [-0.4, -0.2) is 5.11 Å². The highest BCUT2D eigenvalue weighted by atomic mass is 79.9. The van der Waals surface area contributed by atoms with Crippen LogP contribution in [0.2, 0.25) is 5.02 Å². The fourth-order valence-corrected chi connectivity index (χ4v) is 2.63. The number of fused-ring (bicyclic) bond motifs is 3. The van der Waals surface area contributed by atoms with Crippen LogP contribution in [0, 0.1) is 0 Å². The van der Waals surface area contributed by atoms with Gasteiger partial charge in [0.05, 0.1) is 0 Å². The zero-order chi connectivity index (χ0) is 11.3. The average molecular weight is 298 g/mol. The third kappa shape index (κ3) is 1.39. The lowest BCUT2D eigenvalue weighted by molar-refractivity contribution is 0.474. The van der Waals surface area contributed by atoms with Crippen LogP contribution in [0.25, 0.3) is 21.9 Å². The van der Waals surface area contributed by atoms with E-state index in [1.165, 1.54) is 0 Å². The number of benzene rings is 2. The first-order valence-corrected chi connectivity index (χ1v) is 5.82. The molecule has 0 unspecified atom stereocenters. The summed E-state index contributed by atoms with van der Waals surface area (Å²) in [6.45, 7) is 0. The van der Waals surface area contributed by atoms with E-state index in [2.05, 4.69) is 15.9 Å². The van der Waals surface area contributed by atoms with Crippen molar-refractivity contribution in [3.05, 3.63) is 39.8 Å². The first-order chi connectivity index (χ1) is 7.65. The van der Waals surface area contributed by atoms with E-state index in [0.29, 0.717) is 10.6 Å². The van der Waals surface area contributed by atoms with Gasteiger partial charge in [-0.15, -0.1) is 0 Å². The highest BCUT2D eigenvalue weighted by Crippen LogP contribution is 2.37. The molecule has 3 rings (SSSR count). The fraction of sp³-hybridized carbons (Fsp3) is 0. The van der Waals surface area contributed by atoms with Crippen molar-refractivity contribution in [1.82, 2.24) is 0 Å². The molecule has 0 atom stereocenters. The summed E-state index contributed by atoms with van der Waals surface area (Å²) in [5.74, 6) is 0.171. The molecule has 0 fully saturated rings. The number of phenols is 1. The van der Waals surface area contributed by atoms with Crippen molar-refractivity contribution in [3.8, 4) is 5.75 Å². The Bertz CT molecular complexity index is 703. The van der Waals surface area contributed by atoms with Gasteiger partial charge >= 0.3 is 0 Å². The Labute approximate surface area is 105 Å². The van der Waals surface area contributed by atoms with Crippen LogP contribution in [0.15, 0.2) is 39.2 Å². The van der Waals surface area contributed by atoms with Gasteiger partial charge < -0.3 is 9.52 Å². The predicted octanol–water partition coefficient (Wildman–Crippen LogP) is 4.71. The lowest BCUT2D eigenvalue weighted by atomic mass is 10.1. The minimum atomic E-state index is 0.171. The number of hydrogen-bond donors (Lipinski definition) is 1. The van der Waals surface area contributed by atoms with Gasteiger partial charge in [-0.25, -0.2) is 0 Å². The van der Waals surface area contributed by atoms with Crippen molar-refractivity contribution in [2.24, 2.45) is 0 Å². The molecule has 0 aliphatic rings. The number of phenolic OH excluding ortho intramolecular Hbond substituents is 1. The van der Waals surface area contributed by atoms with Crippen LogP contribution in [0.1, 0.15) is 0 Å². The number of furan rings is 1. The van der Waals surface area contributed by atoms with Crippen molar-refractivity contribution in [2.45, 2.75) is 0 Å². The number of hydrogen-bond acceptors (Lipinski definition) is 2. The smallest absolute Gasteiger partial charge is 0.140 e. The summed E-state index contributed by atoms with van der Waals surface area (Å²) in [7, 11) is 0. The Balaban J connectivity index is 2.57. The fourth-order valence-electron chi connectivity index (χ4n) is 1.81. The second kappa shape index (κ2) is 3.40. The zero-order valence-electron chi connectivity index (χ0n) is 8.00. The van der Waals surface area contributed by atoms with Gasteiger partial charge in [-0.2, -0.15) is 0 Å². The molecule has 0 saturated carbocycles. The predicted molar refractivity (Wildman–Crippen MR) is 68.1 cm³/mol. The third-order valence-corrected chi connectivity index (χ3v) is 3.33. The summed E-state index contributed by atoms with van der Waals surface area (Å²) in [6.07, 6.45) is 0. The summed E-state index contributed by atoms with van der Waals surface area (Å²) < 4.78 is 6.42. The van der Waals surface area contributed by atoms with Crippen LogP contribution >= 0.6 is 27.5 Å². The number of halogens is 2. The van der Waals surface area contributed by atoms with Crippen molar-refractivity contribution in [3.63, 3.8) is 0 Å². The van der Waals surface area contributed by atoms with E-state index < -0.39 is 0 Å². The van der Waals surface area contributed by atoms with Crippen LogP contribution in [0.5, 0.6) is 5.75 Å². The van der Waals surface area contributed by atoms with Gasteiger partial charge in [-0.3, -0.25) is 0 Å². The largest absolute Gasteiger partial charge is 0.508 e. The van der Waals surface area contributed by atoms with E-state index in [1.54, 1.807) is 18.2 Å². The molecule has 0 radical (unpaired) electrons. The molecule has 0 aliphatic heterocycles. The maximum atomic E-state index is 9.47. The van der Waals surface area contributed by atoms with E-state index in [0.717, 1.165) is 20.8 Å². The van der Waals surface area contributed by atoms with Gasteiger partial charge in [0.25, 0.3) is 0 Å². The Morgan fingerprint density at radius 1 is 1.12 bits per heavy atom. The van der Waals surface area contributed by atoms with Crippen LogP contribution in [0.3, 0.4) is 0 Å². The lowest BCUT2D eigenvalue weighted by Crippen LogP contribution is -1.71. The minimum absolute atomic E-state index is 0.171. The lowest BCUT2D eigenvalue weighted by Gasteiger charge is -1.95. The molecule has 80 valence electrons. The molecule has 0 spiro atoms. The van der Waals surface area contributed by atoms with Crippen LogP contribution in [-0.2, 0) is 0 Å². The van der Waals surface area contributed by atoms with Crippen molar-refractivity contribution >= 4 is 49.5 Å². The summed E-state index contributed by atoms with van der Waals surface area (Å²) in [5.41, 5.74) is 1.40. The van der Waals surface area contributed by atoms with Gasteiger partial charge in [-0.05, 0) is 40.2 Å². The van der Waals surface area contributed by atoms with E-state index >= 15 is 0 Å². The van der Waals surface area contributed by atoms with E-state index in [9.17, 15) is 5.11 Å². The molecule has 0 bridgehead atoms. The van der Waals surface area contributed by atoms with Gasteiger partial charge in [-0.1, -0.05) is 11.6 Å². The highest BCUT2D eigenvalue weighted by Gasteiger charge is 2.11. The van der Waals surface area contributed by atoms with Crippen molar-refractivity contribution in [2.75, 3.05) is 0 Å². The van der Waals surface area contributed by atoms with E-state index in [4.69, 9.17) is 16.0 Å². The normalized spacial score (nSPS) is 11.4. The van der Waals surface area contributed by atoms with Gasteiger partial charge in [0.15, 0.2) is 0 Å². The minimum Gasteiger partial charge on any atom is -0.508 e. The SMILES string of the molecule is Oc1cc(Br)c2c(c1)oc1ccc(Cl)cc12. The molecule has 4 heteroatoms. The van der Waals surface area contributed by atoms with Gasteiger partial charge in [0, 0.05) is 26.3 Å². The Hall–Kier alpha value is -1.19. The number of aromatic hydroxyl groups is 1. The number of rotatable bonds is 0. The molecule has 16 heavy (non-hydrogen) atoms. The maximum Gasteiger partial charge on any atom is 0.140 e. The molecule has 2 aromatic carbocycles. The molecule has 0 saturated heterocycles. The Morgan fingerprint density at radius 2 is 1.94 bits per heavy atom. The topological polar surface area (TPSA) is 33.4 Å². The maximum absolute atomic E-state index is 9.47. The molecule has 0 amide bonds. The quantitative estimate of drug-likeness (QED) is 0.652. The Kier molecular flexibility index (Phi) is 2.13. The summed E-state index contributed by atoms with van der Waals surface area (Å²) in [6, 6.07) is 8.68. The van der Waals surface area contributed by atoms with Crippen LogP contribution in [0.4, 0.5) is 0 Å². The molecule has 2 nitrogen and oxygen atoms in total. The first-order valence-electron chi connectivity index (χ1n) is 4.65. The van der Waals surface area contributed by atoms with Crippen LogP contribution < -0.4 is 0 Å². The van der Waals surface area contributed by atoms with Gasteiger partial charge in [0.2, 0.25) is 0 Å². The average Bonchev–Trinajstić information content (AvgIpc) is 2.54. The summed E-state index contributed by atoms with van der Waals surface area (Å²) in [5, 5.41) is 12.0. The third-order valence-electron chi connectivity index (χ3n) is 2.47. The summed E-state index contributed by atoms with van der Waals surface area (Å²) in [4.78, 5) is 0. The second-order valence-electron chi connectivity index (χ2n) is 3.54. The van der Waals surface area contributed by atoms with Crippen molar-refractivity contribution < 1.29 is 9.52 Å². The molecule has 0 aliphatic carbocycles.